The summed E-state index contributed by atoms with van der Waals surface area (Å²) in [5, 5.41) is 0. The van der Waals surface area contributed by atoms with Crippen LogP contribution in [0.2, 0.25) is 0 Å². The van der Waals surface area contributed by atoms with Gasteiger partial charge >= 0.3 is 0 Å². The lowest BCUT2D eigenvalue weighted by atomic mass is 9.91. The van der Waals surface area contributed by atoms with E-state index in [0.29, 0.717) is 6.54 Å². The Labute approximate surface area is 102 Å². The minimum atomic E-state index is -0.424. The van der Waals surface area contributed by atoms with E-state index in [9.17, 15) is 4.79 Å². The first-order valence-electron chi connectivity index (χ1n) is 6.27. The van der Waals surface area contributed by atoms with Crippen molar-refractivity contribution in [1.29, 1.82) is 0 Å². The van der Waals surface area contributed by atoms with E-state index in [4.69, 9.17) is 15.2 Å². The Balaban J connectivity index is 1.98. The van der Waals surface area contributed by atoms with Crippen LogP contribution in [0.25, 0.3) is 0 Å². The summed E-state index contributed by atoms with van der Waals surface area (Å²) in [4.78, 5) is 13.7. The van der Waals surface area contributed by atoms with Crippen LogP contribution in [0.1, 0.15) is 26.2 Å². The SMILES string of the molecule is COC1CCOC2(CCN(C(=O)C(C)N)C2)C1. The number of nitrogens with zero attached hydrogens (tertiary/aromatic N) is 1. The quantitative estimate of drug-likeness (QED) is 0.747. The van der Waals surface area contributed by atoms with Crippen molar-refractivity contribution in [3.05, 3.63) is 0 Å². The van der Waals surface area contributed by atoms with Crippen LogP contribution in [0.4, 0.5) is 0 Å². The van der Waals surface area contributed by atoms with Crippen LogP contribution in [0.3, 0.4) is 0 Å². The standard InChI is InChI=1S/C12H22N2O3/c1-9(13)11(15)14-5-4-12(8-14)7-10(16-2)3-6-17-12/h9-10H,3-8,13H2,1-2H3. The first-order chi connectivity index (χ1) is 8.06. The van der Waals surface area contributed by atoms with Crippen molar-refractivity contribution >= 4 is 5.91 Å². The van der Waals surface area contributed by atoms with E-state index in [1.807, 2.05) is 4.90 Å². The minimum Gasteiger partial charge on any atom is -0.381 e. The van der Waals surface area contributed by atoms with Crippen LogP contribution in [-0.4, -0.2) is 55.4 Å². The Bertz CT molecular complexity index is 295. The molecule has 0 aromatic carbocycles. The van der Waals surface area contributed by atoms with Crippen LogP contribution in [-0.2, 0) is 14.3 Å². The second-order valence-electron chi connectivity index (χ2n) is 5.18. The summed E-state index contributed by atoms with van der Waals surface area (Å²) < 4.78 is 11.3. The van der Waals surface area contributed by atoms with Crippen molar-refractivity contribution in [2.45, 2.75) is 43.9 Å². The fraction of sp³-hybridized carbons (Fsp3) is 0.917. The second kappa shape index (κ2) is 4.92. The van der Waals surface area contributed by atoms with Gasteiger partial charge in [0.1, 0.15) is 0 Å². The van der Waals surface area contributed by atoms with Gasteiger partial charge in [-0.15, -0.1) is 0 Å². The lowest BCUT2D eigenvalue weighted by molar-refractivity contribution is -0.138. The van der Waals surface area contributed by atoms with Crippen molar-refractivity contribution in [2.75, 3.05) is 26.8 Å². The van der Waals surface area contributed by atoms with E-state index < -0.39 is 6.04 Å². The van der Waals surface area contributed by atoms with Crippen LogP contribution < -0.4 is 5.73 Å². The van der Waals surface area contributed by atoms with E-state index in [0.717, 1.165) is 32.4 Å². The summed E-state index contributed by atoms with van der Waals surface area (Å²) in [5.41, 5.74) is 5.44. The zero-order valence-corrected chi connectivity index (χ0v) is 10.6. The number of nitrogens with two attached hydrogens (primary N) is 1. The molecule has 0 aromatic heterocycles. The lowest BCUT2D eigenvalue weighted by Crippen LogP contribution is -2.47. The van der Waals surface area contributed by atoms with Crippen molar-refractivity contribution in [3.8, 4) is 0 Å². The van der Waals surface area contributed by atoms with Gasteiger partial charge < -0.3 is 20.1 Å². The number of ether oxygens (including phenoxy) is 2. The molecule has 5 heteroatoms. The van der Waals surface area contributed by atoms with Crippen LogP contribution in [0, 0.1) is 0 Å². The Morgan fingerprint density at radius 1 is 1.65 bits per heavy atom. The van der Waals surface area contributed by atoms with E-state index in [2.05, 4.69) is 0 Å². The van der Waals surface area contributed by atoms with Gasteiger partial charge in [0.25, 0.3) is 0 Å². The van der Waals surface area contributed by atoms with Gasteiger partial charge in [0.15, 0.2) is 0 Å². The second-order valence-corrected chi connectivity index (χ2v) is 5.18. The Morgan fingerprint density at radius 3 is 3.06 bits per heavy atom. The van der Waals surface area contributed by atoms with Crippen LogP contribution in [0.15, 0.2) is 0 Å². The molecule has 3 unspecified atom stereocenters. The van der Waals surface area contributed by atoms with Crippen molar-refractivity contribution < 1.29 is 14.3 Å². The summed E-state index contributed by atoms with van der Waals surface area (Å²) in [5.74, 6) is 0.0185. The summed E-state index contributed by atoms with van der Waals surface area (Å²) in [6.45, 7) is 3.86. The third-order valence-corrected chi connectivity index (χ3v) is 3.80. The van der Waals surface area contributed by atoms with Gasteiger partial charge in [0, 0.05) is 33.2 Å². The van der Waals surface area contributed by atoms with E-state index in [1.165, 1.54) is 0 Å². The summed E-state index contributed by atoms with van der Waals surface area (Å²) >= 11 is 0. The molecular formula is C12H22N2O3. The highest BCUT2D eigenvalue weighted by atomic mass is 16.5. The number of carbonyl (C=O) groups excluding carboxylic acids is 1. The van der Waals surface area contributed by atoms with Gasteiger partial charge in [-0.3, -0.25) is 4.79 Å². The maximum absolute atomic E-state index is 11.8. The average Bonchev–Trinajstić information content (AvgIpc) is 2.71. The number of rotatable bonds is 2. The highest BCUT2D eigenvalue weighted by molar-refractivity contribution is 5.81. The van der Waals surface area contributed by atoms with Gasteiger partial charge in [-0.1, -0.05) is 0 Å². The van der Waals surface area contributed by atoms with Gasteiger partial charge in [-0.25, -0.2) is 0 Å². The third-order valence-electron chi connectivity index (χ3n) is 3.80. The largest absolute Gasteiger partial charge is 0.381 e. The molecule has 2 aliphatic heterocycles. The topological polar surface area (TPSA) is 64.8 Å². The molecule has 1 amide bonds. The van der Waals surface area contributed by atoms with Crippen LogP contribution in [0.5, 0.6) is 0 Å². The Kier molecular flexibility index (Phi) is 3.70. The fourth-order valence-electron chi connectivity index (χ4n) is 2.79. The van der Waals surface area contributed by atoms with Crippen molar-refractivity contribution in [3.63, 3.8) is 0 Å². The molecule has 98 valence electrons. The molecule has 2 aliphatic rings. The molecule has 2 fully saturated rings. The summed E-state index contributed by atoms with van der Waals surface area (Å²) in [6, 6.07) is -0.424. The molecule has 0 saturated carbocycles. The summed E-state index contributed by atoms with van der Waals surface area (Å²) in [6.07, 6.45) is 2.98. The van der Waals surface area contributed by atoms with Gasteiger partial charge in [0.2, 0.25) is 5.91 Å². The molecule has 0 bridgehead atoms. The normalized spacial score (nSPS) is 35.2. The molecule has 2 saturated heterocycles. The molecule has 0 aromatic rings. The van der Waals surface area contributed by atoms with Crippen molar-refractivity contribution in [1.82, 2.24) is 4.90 Å². The van der Waals surface area contributed by atoms with Crippen molar-refractivity contribution in [2.24, 2.45) is 5.73 Å². The van der Waals surface area contributed by atoms with Crippen LogP contribution >= 0.6 is 0 Å². The molecule has 0 radical (unpaired) electrons. The zero-order chi connectivity index (χ0) is 12.5. The molecule has 17 heavy (non-hydrogen) atoms. The monoisotopic (exact) mass is 242 g/mol. The number of hydrogen-bond acceptors (Lipinski definition) is 4. The highest BCUT2D eigenvalue weighted by Crippen LogP contribution is 2.35. The van der Waals surface area contributed by atoms with E-state index in [1.54, 1.807) is 14.0 Å². The molecule has 3 atom stereocenters. The average molecular weight is 242 g/mol. The number of carbonyl (C=O) groups is 1. The fourth-order valence-corrected chi connectivity index (χ4v) is 2.79. The number of methoxy groups -OCH3 is 1. The Hall–Kier alpha value is -0.650. The first-order valence-corrected chi connectivity index (χ1v) is 6.27. The van der Waals surface area contributed by atoms with Gasteiger partial charge in [-0.05, 0) is 19.8 Å². The van der Waals surface area contributed by atoms with E-state index in [-0.39, 0.29) is 17.6 Å². The maximum atomic E-state index is 11.8. The number of amides is 1. The molecule has 2 N–H and O–H groups in total. The summed E-state index contributed by atoms with van der Waals surface area (Å²) in [7, 11) is 1.74. The minimum absolute atomic E-state index is 0.0185. The number of likely N-dealkylation sites (tertiary alicyclic amines) is 1. The predicted molar refractivity (Wildman–Crippen MR) is 63.6 cm³/mol. The zero-order valence-electron chi connectivity index (χ0n) is 10.6. The predicted octanol–water partition coefficient (Wildman–Crippen LogP) is 0.130. The third kappa shape index (κ3) is 2.61. The molecule has 2 rings (SSSR count). The molecular weight excluding hydrogens is 220 g/mol. The molecule has 0 aliphatic carbocycles. The Morgan fingerprint density at radius 2 is 2.41 bits per heavy atom. The van der Waals surface area contributed by atoms with Gasteiger partial charge in [0.05, 0.1) is 17.7 Å². The van der Waals surface area contributed by atoms with E-state index >= 15 is 0 Å². The van der Waals surface area contributed by atoms with Gasteiger partial charge in [-0.2, -0.15) is 0 Å². The molecule has 1 spiro atoms. The lowest BCUT2D eigenvalue weighted by Gasteiger charge is -2.37. The molecule has 5 nitrogen and oxygen atoms in total. The first kappa shape index (κ1) is 12.8. The smallest absolute Gasteiger partial charge is 0.239 e. The highest BCUT2D eigenvalue weighted by Gasteiger charge is 2.44. The number of hydrogen-bond donors (Lipinski definition) is 1. The molecule has 2 heterocycles. The maximum Gasteiger partial charge on any atom is 0.239 e.